The first-order chi connectivity index (χ1) is 11.3. The van der Waals surface area contributed by atoms with Crippen molar-refractivity contribution in [2.75, 3.05) is 11.9 Å². The molecule has 1 atom stereocenters. The van der Waals surface area contributed by atoms with Gasteiger partial charge in [-0.2, -0.15) is 0 Å². The van der Waals surface area contributed by atoms with Crippen LogP contribution in [-0.4, -0.2) is 27.0 Å². The summed E-state index contributed by atoms with van der Waals surface area (Å²) in [6.45, 7) is 9.31. The van der Waals surface area contributed by atoms with Gasteiger partial charge in [0.1, 0.15) is 5.82 Å². The second kappa shape index (κ2) is 5.96. The van der Waals surface area contributed by atoms with E-state index < -0.39 is 0 Å². The molecule has 0 bridgehead atoms. The molecule has 5 heteroatoms. The van der Waals surface area contributed by atoms with Crippen LogP contribution in [0.2, 0.25) is 0 Å². The number of hydrogen-bond donors (Lipinski definition) is 1. The van der Waals surface area contributed by atoms with Crippen molar-refractivity contribution in [2.45, 2.75) is 40.2 Å². The molecule has 24 heavy (non-hydrogen) atoms. The highest BCUT2D eigenvalue weighted by Gasteiger charge is 2.50. The van der Waals surface area contributed by atoms with Crippen LogP contribution in [0.5, 0.6) is 0 Å². The fourth-order valence-electron chi connectivity index (χ4n) is 3.57. The quantitative estimate of drug-likeness (QED) is 0.930. The summed E-state index contributed by atoms with van der Waals surface area (Å²) in [4.78, 5) is 19.1. The summed E-state index contributed by atoms with van der Waals surface area (Å²) in [6, 6.07) is 6.02. The topological polar surface area (TPSA) is 50.2 Å². The van der Waals surface area contributed by atoms with Gasteiger partial charge in [0, 0.05) is 37.1 Å². The molecule has 2 aromatic rings. The van der Waals surface area contributed by atoms with Crippen molar-refractivity contribution in [1.29, 1.82) is 0 Å². The number of aryl methyl sites for hydroxylation is 3. The molecule has 0 saturated carbocycles. The van der Waals surface area contributed by atoms with Gasteiger partial charge in [-0.1, -0.05) is 26.8 Å². The molecule has 2 amide bonds. The molecular weight excluding hydrogens is 300 g/mol. The van der Waals surface area contributed by atoms with Crippen molar-refractivity contribution in [3.05, 3.63) is 47.5 Å². The lowest BCUT2D eigenvalue weighted by molar-refractivity contribution is -0.0182. The maximum absolute atomic E-state index is 12.8. The summed E-state index contributed by atoms with van der Waals surface area (Å²) in [7, 11) is 1.97. The Labute approximate surface area is 143 Å². The third-order valence-corrected chi connectivity index (χ3v) is 4.97. The minimum atomic E-state index is -0.0618. The zero-order valence-corrected chi connectivity index (χ0v) is 15.1. The van der Waals surface area contributed by atoms with Crippen LogP contribution in [0.25, 0.3) is 0 Å². The first kappa shape index (κ1) is 16.6. The van der Waals surface area contributed by atoms with Crippen molar-refractivity contribution in [3.63, 3.8) is 0 Å². The Morgan fingerprint density at radius 2 is 2.17 bits per heavy atom. The standard InChI is InChI=1S/C19H26N4O/c1-6-14-11-15(8-7-13(14)2)21-18(24)23-12-19(3,4)16(23)17-20-9-10-22(17)5/h7-11,16H,6,12H2,1-5H3,(H,21,24)/t16-/m0/s1. The summed E-state index contributed by atoms with van der Waals surface area (Å²) in [5, 5.41) is 3.04. The van der Waals surface area contributed by atoms with Crippen LogP contribution in [0.3, 0.4) is 0 Å². The lowest BCUT2D eigenvalue weighted by Gasteiger charge is -2.53. The highest BCUT2D eigenvalue weighted by Crippen LogP contribution is 2.47. The average Bonchev–Trinajstić information content (AvgIpc) is 2.92. The number of rotatable bonds is 3. The molecule has 1 aromatic carbocycles. The number of nitrogens with one attached hydrogen (secondary N) is 1. The van der Waals surface area contributed by atoms with E-state index in [0.29, 0.717) is 0 Å². The van der Waals surface area contributed by atoms with E-state index >= 15 is 0 Å². The lowest BCUT2D eigenvalue weighted by Crippen LogP contribution is -2.59. The first-order valence-electron chi connectivity index (χ1n) is 8.48. The number of aromatic nitrogens is 2. The number of amides is 2. The molecule has 3 rings (SSSR count). The predicted molar refractivity (Wildman–Crippen MR) is 96.0 cm³/mol. The van der Waals surface area contributed by atoms with Crippen LogP contribution < -0.4 is 5.32 Å². The van der Waals surface area contributed by atoms with Crippen molar-refractivity contribution >= 4 is 11.7 Å². The molecule has 0 radical (unpaired) electrons. The summed E-state index contributed by atoms with van der Waals surface area (Å²) in [5.74, 6) is 0.930. The summed E-state index contributed by atoms with van der Waals surface area (Å²) in [5.41, 5.74) is 3.40. The molecule has 1 aliphatic rings. The SMILES string of the molecule is CCc1cc(NC(=O)N2CC(C)(C)[C@@H]2c2nccn2C)ccc1C. The van der Waals surface area contributed by atoms with Gasteiger partial charge in [0.15, 0.2) is 0 Å². The van der Waals surface area contributed by atoms with E-state index in [2.05, 4.69) is 50.1 Å². The Morgan fingerprint density at radius 1 is 1.42 bits per heavy atom. The first-order valence-corrected chi connectivity index (χ1v) is 8.48. The Bertz CT molecular complexity index is 762. The summed E-state index contributed by atoms with van der Waals surface area (Å²) < 4.78 is 1.99. The smallest absolute Gasteiger partial charge is 0.322 e. The molecular formula is C19H26N4O. The van der Waals surface area contributed by atoms with Gasteiger partial charge in [-0.05, 0) is 36.6 Å². The molecule has 2 heterocycles. The number of benzene rings is 1. The highest BCUT2D eigenvalue weighted by molar-refractivity contribution is 5.90. The number of hydrogen-bond acceptors (Lipinski definition) is 2. The number of urea groups is 1. The Morgan fingerprint density at radius 3 is 2.75 bits per heavy atom. The Kier molecular flexibility index (Phi) is 4.11. The van der Waals surface area contributed by atoms with Crippen molar-refractivity contribution in [3.8, 4) is 0 Å². The number of carbonyl (C=O) groups excluding carboxylic acids is 1. The van der Waals surface area contributed by atoms with Gasteiger partial charge in [0.2, 0.25) is 0 Å². The lowest BCUT2D eigenvalue weighted by atomic mass is 9.74. The van der Waals surface area contributed by atoms with Gasteiger partial charge in [-0.25, -0.2) is 9.78 Å². The summed E-state index contributed by atoms with van der Waals surface area (Å²) >= 11 is 0. The molecule has 1 aromatic heterocycles. The molecule has 1 aliphatic heterocycles. The van der Waals surface area contributed by atoms with E-state index in [1.165, 1.54) is 11.1 Å². The van der Waals surface area contributed by atoms with Gasteiger partial charge in [-0.3, -0.25) is 0 Å². The average molecular weight is 326 g/mol. The summed E-state index contributed by atoms with van der Waals surface area (Å²) in [6.07, 6.45) is 4.67. The number of carbonyl (C=O) groups is 1. The minimum absolute atomic E-state index is 0.00593. The van der Waals surface area contributed by atoms with E-state index in [1.54, 1.807) is 6.20 Å². The minimum Gasteiger partial charge on any atom is -0.336 e. The fourth-order valence-corrected chi connectivity index (χ4v) is 3.57. The number of nitrogens with zero attached hydrogens (tertiary/aromatic N) is 3. The third-order valence-electron chi connectivity index (χ3n) is 4.97. The van der Waals surface area contributed by atoms with Gasteiger partial charge in [0.25, 0.3) is 0 Å². The molecule has 0 spiro atoms. The van der Waals surface area contributed by atoms with Crippen LogP contribution in [0.15, 0.2) is 30.6 Å². The van der Waals surface area contributed by atoms with Crippen LogP contribution in [0, 0.1) is 12.3 Å². The third kappa shape index (κ3) is 2.79. The van der Waals surface area contributed by atoms with Crippen LogP contribution in [-0.2, 0) is 13.5 Å². The van der Waals surface area contributed by atoms with Crippen molar-refractivity contribution < 1.29 is 4.79 Å². The fraction of sp³-hybridized carbons (Fsp3) is 0.474. The van der Waals surface area contributed by atoms with Gasteiger partial charge in [0.05, 0.1) is 6.04 Å². The number of likely N-dealkylation sites (tertiary alicyclic amines) is 1. The van der Waals surface area contributed by atoms with Crippen molar-refractivity contribution in [2.24, 2.45) is 12.5 Å². The van der Waals surface area contributed by atoms with Gasteiger partial charge < -0.3 is 14.8 Å². The zero-order chi connectivity index (χ0) is 17.5. The Hall–Kier alpha value is -2.30. The van der Waals surface area contributed by atoms with Crippen LogP contribution in [0.1, 0.15) is 43.8 Å². The van der Waals surface area contributed by atoms with Crippen LogP contribution in [0.4, 0.5) is 10.5 Å². The van der Waals surface area contributed by atoms with E-state index in [4.69, 9.17) is 0 Å². The molecule has 128 valence electrons. The van der Waals surface area contributed by atoms with E-state index in [0.717, 1.165) is 24.5 Å². The normalized spacial score (nSPS) is 19.0. The molecule has 0 aliphatic carbocycles. The zero-order valence-electron chi connectivity index (χ0n) is 15.1. The van der Waals surface area contributed by atoms with Gasteiger partial charge >= 0.3 is 6.03 Å². The molecule has 1 saturated heterocycles. The Balaban J connectivity index is 1.79. The second-order valence-corrected chi connectivity index (χ2v) is 7.34. The monoisotopic (exact) mass is 326 g/mol. The highest BCUT2D eigenvalue weighted by atomic mass is 16.2. The molecule has 1 fully saturated rings. The van der Waals surface area contributed by atoms with Crippen LogP contribution >= 0.6 is 0 Å². The molecule has 5 nitrogen and oxygen atoms in total. The van der Waals surface area contributed by atoms with Gasteiger partial charge in [-0.15, -0.1) is 0 Å². The maximum Gasteiger partial charge on any atom is 0.322 e. The van der Waals surface area contributed by atoms with E-state index in [1.807, 2.05) is 28.8 Å². The van der Waals surface area contributed by atoms with E-state index in [9.17, 15) is 4.79 Å². The van der Waals surface area contributed by atoms with Crippen molar-refractivity contribution in [1.82, 2.24) is 14.5 Å². The molecule has 0 unspecified atom stereocenters. The maximum atomic E-state index is 12.8. The number of imidazole rings is 1. The van der Waals surface area contributed by atoms with E-state index in [-0.39, 0.29) is 17.5 Å². The predicted octanol–water partition coefficient (Wildman–Crippen LogP) is 3.91. The molecule has 1 N–H and O–H groups in total. The number of anilines is 1. The second-order valence-electron chi connectivity index (χ2n) is 7.34. The largest absolute Gasteiger partial charge is 0.336 e.